The molecule has 0 spiro atoms. The van der Waals surface area contributed by atoms with Gasteiger partial charge in [-0.25, -0.2) is 5.32 Å². The van der Waals surface area contributed by atoms with Crippen molar-refractivity contribution in [2.75, 3.05) is 32.7 Å². The van der Waals surface area contributed by atoms with Gasteiger partial charge < -0.3 is 4.90 Å². The number of rotatable bonds is 6. The number of unbranched alkanes of at least 4 members (excludes halogenated alkanes) is 1. The first-order valence-electron chi connectivity index (χ1n) is 5.72. The summed E-state index contributed by atoms with van der Waals surface area (Å²) in [5.74, 6) is 0.858. The molecule has 0 bridgehead atoms. The number of nitrogens with zero attached hydrogens (tertiary/aromatic N) is 2. The second-order valence-corrected chi connectivity index (χ2v) is 4.03. The largest absolute Gasteiger partial charge is 0.303 e. The van der Waals surface area contributed by atoms with Crippen molar-refractivity contribution < 1.29 is 0 Å². The van der Waals surface area contributed by atoms with Gasteiger partial charge in [0.25, 0.3) is 0 Å². The van der Waals surface area contributed by atoms with E-state index in [9.17, 15) is 0 Å². The standard InChI is InChI=1S/C11H23N2/c1-3-5-8-13(4-2)10-11-6-7-12-9-11/h11H,3-10H2,1-2H3. The van der Waals surface area contributed by atoms with E-state index in [0.29, 0.717) is 0 Å². The molecule has 1 rings (SSSR count). The Bertz CT molecular complexity index is 119. The Hall–Kier alpha value is -0.0800. The van der Waals surface area contributed by atoms with Crippen molar-refractivity contribution in [3.05, 3.63) is 0 Å². The van der Waals surface area contributed by atoms with Crippen LogP contribution in [0.4, 0.5) is 0 Å². The maximum atomic E-state index is 4.41. The van der Waals surface area contributed by atoms with E-state index in [1.807, 2.05) is 0 Å². The Morgan fingerprint density at radius 3 is 2.77 bits per heavy atom. The van der Waals surface area contributed by atoms with E-state index in [2.05, 4.69) is 24.1 Å². The van der Waals surface area contributed by atoms with Gasteiger partial charge >= 0.3 is 0 Å². The van der Waals surface area contributed by atoms with E-state index in [-0.39, 0.29) is 0 Å². The first kappa shape index (κ1) is 11.0. The lowest BCUT2D eigenvalue weighted by Gasteiger charge is -2.23. The van der Waals surface area contributed by atoms with Gasteiger partial charge in [-0.2, -0.15) is 0 Å². The summed E-state index contributed by atoms with van der Waals surface area (Å²) in [4.78, 5) is 2.58. The summed E-state index contributed by atoms with van der Waals surface area (Å²) < 4.78 is 0. The molecule has 0 aromatic rings. The third kappa shape index (κ3) is 4.10. The van der Waals surface area contributed by atoms with Crippen molar-refractivity contribution in [3.63, 3.8) is 0 Å². The molecular weight excluding hydrogens is 160 g/mol. The van der Waals surface area contributed by atoms with Gasteiger partial charge in [0, 0.05) is 19.6 Å². The Labute approximate surface area is 82.7 Å². The number of hydrogen-bond acceptors (Lipinski definition) is 1. The van der Waals surface area contributed by atoms with Crippen LogP contribution >= 0.6 is 0 Å². The van der Waals surface area contributed by atoms with Crippen molar-refractivity contribution in [1.29, 1.82) is 0 Å². The van der Waals surface area contributed by atoms with Crippen LogP contribution in [0.1, 0.15) is 33.1 Å². The normalized spacial score (nSPS) is 22.8. The summed E-state index contributed by atoms with van der Waals surface area (Å²) in [6.45, 7) is 10.5. The number of hydrogen-bond donors (Lipinski definition) is 0. The molecule has 1 heterocycles. The van der Waals surface area contributed by atoms with Crippen LogP contribution in [0.15, 0.2) is 0 Å². The summed E-state index contributed by atoms with van der Waals surface area (Å²) >= 11 is 0. The molecular formula is C11H23N2. The van der Waals surface area contributed by atoms with Crippen molar-refractivity contribution in [3.8, 4) is 0 Å². The monoisotopic (exact) mass is 183 g/mol. The molecule has 0 amide bonds. The molecule has 0 aromatic heterocycles. The third-order valence-electron chi connectivity index (χ3n) is 2.87. The summed E-state index contributed by atoms with van der Waals surface area (Å²) in [6.07, 6.45) is 3.98. The predicted octanol–water partition coefficient (Wildman–Crippen LogP) is 1.73. The van der Waals surface area contributed by atoms with Crippen LogP contribution in [0.25, 0.3) is 0 Å². The van der Waals surface area contributed by atoms with Crippen LogP contribution in [0.3, 0.4) is 0 Å². The first-order valence-corrected chi connectivity index (χ1v) is 5.72. The van der Waals surface area contributed by atoms with Gasteiger partial charge in [-0.1, -0.05) is 20.3 Å². The van der Waals surface area contributed by atoms with Crippen molar-refractivity contribution in [2.24, 2.45) is 5.92 Å². The van der Waals surface area contributed by atoms with Crippen LogP contribution in [-0.4, -0.2) is 37.6 Å². The Morgan fingerprint density at radius 2 is 2.23 bits per heavy atom. The molecule has 0 aromatic carbocycles. The molecule has 13 heavy (non-hydrogen) atoms. The SMILES string of the molecule is CCCCN(CC)CC1CC[N]C1. The summed E-state index contributed by atoms with van der Waals surface area (Å²) in [5, 5.41) is 4.41. The van der Waals surface area contributed by atoms with Crippen LogP contribution in [0.5, 0.6) is 0 Å². The molecule has 2 heteroatoms. The Morgan fingerprint density at radius 1 is 1.38 bits per heavy atom. The molecule has 0 N–H and O–H groups in total. The van der Waals surface area contributed by atoms with Crippen LogP contribution in [0, 0.1) is 5.92 Å². The zero-order chi connectivity index (χ0) is 9.52. The van der Waals surface area contributed by atoms with Crippen molar-refractivity contribution in [2.45, 2.75) is 33.1 Å². The molecule has 1 aliphatic rings. The molecule has 2 nitrogen and oxygen atoms in total. The lowest BCUT2D eigenvalue weighted by Crippen LogP contribution is -2.30. The summed E-state index contributed by atoms with van der Waals surface area (Å²) in [6, 6.07) is 0. The van der Waals surface area contributed by atoms with E-state index in [1.54, 1.807) is 0 Å². The second kappa shape index (κ2) is 6.39. The molecule has 1 saturated heterocycles. The van der Waals surface area contributed by atoms with Crippen molar-refractivity contribution >= 4 is 0 Å². The highest BCUT2D eigenvalue weighted by molar-refractivity contribution is 4.74. The van der Waals surface area contributed by atoms with Gasteiger partial charge in [-0.05, 0) is 31.8 Å². The van der Waals surface area contributed by atoms with Crippen LogP contribution in [0.2, 0.25) is 0 Å². The van der Waals surface area contributed by atoms with E-state index < -0.39 is 0 Å². The average Bonchev–Trinajstić information content (AvgIpc) is 2.64. The Balaban J connectivity index is 2.13. The molecule has 0 aliphatic carbocycles. The minimum absolute atomic E-state index is 0.858. The van der Waals surface area contributed by atoms with Gasteiger partial charge in [0.2, 0.25) is 0 Å². The molecule has 1 unspecified atom stereocenters. The van der Waals surface area contributed by atoms with Gasteiger partial charge in [-0.3, -0.25) is 0 Å². The quantitative estimate of drug-likeness (QED) is 0.613. The highest BCUT2D eigenvalue weighted by atomic mass is 15.1. The highest BCUT2D eigenvalue weighted by Crippen LogP contribution is 2.11. The zero-order valence-corrected chi connectivity index (χ0v) is 9.13. The first-order chi connectivity index (χ1) is 6.36. The minimum atomic E-state index is 0.858. The predicted molar refractivity (Wildman–Crippen MR) is 57.0 cm³/mol. The lowest BCUT2D eigenvalue weighted by atomic mass is 10.1. The summed E-state index contributed by atoms with van der Waals surface area (Å²) in [7, 11) is 0. The molecule has 77 valence electrons. The van der Waals surface area contributed by atoms with Gasteiger partial charge in [-0.15, -0.1) is 0 Å². The molecule has 1 fully saturated rings. The molecule has 0 saturated carbocycles. The fourth-order valence-electron chi connectivity index (χ4n) is 1.91. The van der Waals surface area contributed by atoms with Gasteiger partial charge in [0.1, 0.15) is 0 Å². The third-order valence-corrected chi connectivity index (χ3v) is 2.87. The molecule has 1 aliphatic heterocycles. The van der Waals surface area contributed by atoms with Crippen LogP contribution < -0.4 is 5.32 Å². The fraction of sp³-hybridized carbons (Fsp3) is 1.00. The maximum Gasteiger partial charge on any atom is 0.0174 e. The lowest BCUT2D eigenvalue weighted by molar-refractivity contribution is 0.245. The highest BCUT2D eigenvalue weighted by Gasteiger charge is 2.17. The van der Waals surface area contributed by atoms with Gasteiger partial charge in [0.15, 0.2) is 0 Å². The maximum absolute atomic E-state index is 4.41. The Kier molecular flexibility index (Phi) is 5.40. The topological polar surface area (TPSA) is 17.3 Å². The summed E-state index contributed by atoms with van der Waals surface area (Å²) in [5.41, 5.74) is 0. The van der Waals surface area contributed by atoms with E-state index in [0.717, 1.165) is 19.0 Å². The second-order valence-electron chi connectivity index (χ2n) is 4.03. The average molecular weight is 183 g/mol. The fourth-order valence-corrected chi connectivity index (χ4v) is 1.91. The van der Waals surface area contributed by atoms with Gasteiger partial charge in [0.05, 0.1) is 0 Å². The smallest absolute Gasteiger partial charge is 0.0174 e. The molecule has 1 atom stereocenters. The van der Waals surface area contributed by atoms with E-state index in [1.165, 1.54) is 38.9 Å². The van der Waals surface area contributed by atoms with E-state index in [4.69, 9.17) is 0 Å². The minimum Gasteiger partial charge on any atom is -0.303 e. The van der Waals surface area contributed by atoms with Crippen molar-refractivity contribution in [1.82, 2.24) is 10.2 Å². The molecule has 1 radical (unpaired) electrons. The zero-order valence-electron chi connectivity index (χ0n) is 9.13. The van der Waals surface area contributed by atoms with E-state index >= 15 is 0 Å². The van der Waals surface area contributed by atoms with Crippen LogP contribution in [-0.2, 0) is 0 Å².